The molecule has 0 aliphatic carbocycles. The highest BCUT2D eigenvalue weighted by Crippen LogP contribution is 2.23. The number of hydrogen-bond donors (Lipinski definition) is 0. The molecular formula is C19H17BrN2O2. The Hall–Kier alpha value is -2.58. The normalized spacial score (nSPS) is 10.8. The Balaban J connectivity index is 2.22. The van der Waals surface area contributed by atoms with Crippen LogP contribution in [0.4, 0.5) is 0 Å². The lowest BCUT2D eigenvalue weighted by atomic mass is 10.1. The summed E-state index contributed by atoms with van der Waals surface area (Å²) < 4.78 is 6.86. The predicted molar refractivity (Wildman–Crippen MR) is 97.2 cm³/mol. The van der Waals surface area contributed by atoms with Crippen molar-refractivity contribution in [2.75, 3.05) is 14.1 Å². The summed E-state index contributed by atoms with van der Waals surface area (Å²) in [5.41, 5.74) is 1.79. The first-order chi connectivity index (χ1) is 11.5. The molecule has 0 atom stereocenters. The van der Waals surface area contributed by atoms with Crippen LogP contribution in [0.1, 0.15) is 11.1 Å². The molecule has 0 saturated heterocycles. The third kappa shape index (κ3) is 4.71. The molecule has 2 aromatic carbocycles. The smallest absolute Gasteiger partial charge is 0.264 e. The molecule has 0 aromatic heterocycles. The minimum Gasteiger partial charge on any atom is -0.488 e. The highest BCUT2D eigenvalue weighted by molar-refractivity contribution is 9.10. The molecule has 4 nitrogen and oxygen atoms in total. The lowest BCUT2D eigenvalue weighted by Gasteiger charge is -2.11. The number of benzene rings is 2. The van der Waals surface area contributed by atoms with Crippen molar-refractivity contribution >= 4 is 27.9 Å². The van der Waals surface area contributed by atoms with Crippen LogP contribution >= 0.6 is 15.9 Å². The van der Waals surface area contributed by atoms with Gasteiger partial charge >= 0.3 is 0 Å². The van der Waals surface area contributed by atoms with E-state index >= 15 is 0 Å². The third-order valence-corrected chi connectivity index (χ3v) is 3.81. The van der Waals surface area contributed by atoms with Gasteiger partial charge in [-0.15, -0.1) is 0 Å². The molecule has 2 rings (SSSR count). The lowest BCUT2D eigenvalue weighted by Crippen LogP contribution is -2.22. The third-order valence-electron chi connectivity index (χ3n) is 3.28. The van der Waals surface area contributed by atoms with E-state index in [0.29, 0.717) is 17.9 Å². The Bertz CT molecular complexity index is 790. The van der Waals surface area contributed by atoms with Crippen molar-refractivity contribution in [3.8, 4) is 11.8 Å². The number of ether oxygens (including phenoxy) is 1. The van der Waals surface area contributed by atoms with Crippen LogP contribution in [0.3, 0.4) is 0 Å². The molecule has 122 valence electrons. The molecule has 24 heavy (non-hydrogen) atoms. The fourth-order valence-corrected chi connectivity index (χ4v) is 2.28. The maximum atomic E-state index is 12.0. The highest BCUT2D eigenvalue weighted by atomic mass is 79.9. The summed E-state index contributed by atoms with van der Waals surface area (Å²) in [6.45, 7) is 0.404. The summed E-state index contributed by atoms with van der Waals surface area (Å²) in [4.78, 5) is 13.4. The zero-order chi connectivity index (χ0) is 17.5. The second-order valence-corrected chi connectivity index (χ2v) is 6.24. The van der Waals surface area contributed by atoms with Gasteiger partial charge in [-0.1, -0.05) is 46.3 Å². The van der Waals surface area contributed by atoms with Crippen molar-refractivity contribution in [1.82, 2.24) is 4.90 Å². The quantitative estimate of drug-likeness (QED) is 0.577. The average Bonchev–Trinajstić information content (AvgIpc) is 2.59. The second kappa shape index (κ2) is 8.32. The van der Waals surface area contributed by atoms with Crippen LogP contribution in [0.5, 0.6) is 5.75 Å². The van der Waals surface area contributed by atoms with Gasteiger partial charge in [0.15, 0.2) is 0 Å². The molecule has 0 bridgehead atoms. The van der Waals surface area contributed by atoms with E-state index in [0.717, 1.165) is 10.0 Å². The summed E-state index contributed by atoms with van der Waals surface area (Å²) in [5, 5.41) is 9.22. The summed E-state index contributed by atoms with van der Waals surface area (Å²) in [6.07, 6.45) is 1.55. The predicted octanol–water partition coefficient (Wildman–Crippen LogP) is 4.02. The van der Waals surface area contributed by atoms with E-state index in [4.69, 9.17) is 4.74 Å². The molecule has 0 saturated carbocycles. The molecule has 1 amide bonds. The van der Waals surface area contributed by atoms with Crippen LogP contribution in [-0.2, 0) is 11.4 Å². The van der Waals surface area contributed by atoms with Crippen LogP contribution < -0.4 is 4.74 Å². The zero-order valence-corrected chi connectivity index (χ0v) is 15.1. The fraction of sp³-hybridized carbons (Fsp3) is 0.158. The van der Waals surface area contributed by atoms with E-state index in [2.05, 4.69) is 15.9 Å². The Morgan fingerprint density at radius 3 is 2.50 bits per heavy atom. The number of carbonyl (C=O) groups is 1. The van der Waals surface area contributed by atoms with Crippen molar-refractivity contribution in [3.63, 3.8) is 0 Å². The van der Waals surface area contributed by atoms with E-state index in [-0.39, 0.29) is 11.5 Å². The molecule has 0 unspecified atom stereocenters. The van der Waals surface area contributed by atoms with Crippen LogP contribution in [-0.4, -0.2) is 24.9 Å². The number of para-hydroxylation sites is 1. The highest BCUT2D eigenvalue weighted by Gasteiger charge is 2.12. The van der Waals surface area contributed by atoms with Gasteiger partial charge in [0.1, 0.15) is 24.0 Å². The first kappa shape index (κ1) is 17.8. The zero-order valence-electron chi connectivity index (χ0n) is 13.5. The van der Waals surface area contributed by atoms with E-state index < -0.39 is 0 Å². The molecule has 2 aromatic rings. The SMILES string of the molecule is CN(C)C(=O)/C(C#N)=C\c1ccccc1OCc1ccc(Br)cc1. The molecule has 0 aliphatic heterocycles. The summed E-state index contributed by atoms with van der Waals surface area (Å²) in [7, 11) is 3.23. The Morgan fingerprint density at radius 2 is 1.88 bits per heavy atom. The van der Waals surface area contributed by atoms with E-state index in [9.17, 15) is 10.1 Å². The number of halogens is 1. The topological polar surface area (TPSA) is 53.3 Å². The van der Waals surface area contributed by atoms with Gasteiger partial charge in [0, 0.05) is 24.1 Å². The Morgan fingerprint density at radius 1 is 1.21 bits per heavy atom. The monoisotopic (exact) mass is 384 g/mol. The molecule has 0 spiro atoms. The average molecular weight is 385 g/mol. The van der Waals surface area contributed by atoms with Crippen LogP contribution in [0.25, 0.3) is 6.08 Å². The van der Waals surface area contributed by atoms with E-state index in [1.165, 1.54) is 4.90 Å². The Kier molecular flexibility index (Phi) is 6.16. The molecular weight excluding hydrogens is 368 g/mol. The van der Waals surface area contributed by atoms with Gasteiger partial charge < -0.3 is 9.64 Å². The summed E-state index contributed by atoms with van der Waals surface area (Å²) >= 11 is 3.40. The maximum absolute atomic E-state index is 12.0. The second-order valence-electron chi connectivity index (χ2n) is 5.32. The minimum atomic E-state index is -0.333. The van der Waals surface area contributed by atoms with Crippen LogP contribution in [0.15, 0.2) is 58.6 Å². The van der Waals surface area contributed by atoms with E-state index in [1.54, 1.807) is 20.2 Å². The Labute approximate surface area is 150 Å². The molecule has 0 radical (unpaired) electrons. The number of hydrogen-bond acceptors (Lipinski definition) is 3. The van der Waals surface area contributed by atoms with Gasteiger partial charge in [-0.05, 0) is 29.8 Å². The molecule has 0 N–H and O–H groups in total. The summed E-state index contributed by atoms with van der Waals surface area (Å²) in [6, 6.07) is 17.1. The van der Waals surface area contributed by atoms with Crippen molar-refractivity contribution in [2.24, 2.45) is 0 Å². The van der Waals surface area contributed by atoms with Crippen molar-refractivity contribution in [2.45, 2.75) is 6.61 Å². The number of nitriles is 1. The lowest BCUT2D eigenvalue weighted by molar-refractivity contribution is -0.124. The molecule has 5 heteroatoms. The maximum Gasteiger partial charge on any atom is 0.264 e. The molecule has 0 heterocycles. The minimum absolute atomic E-state index is 0.0692. The number of nitrogens with zero attached hydrogens (tertiary/aromatic N) is 2. The van der Waals surface area contributed by atoms with Gasteiger partial charge in [-0.3, -0.25) is 4.79 Å². The van der Waals surface area contributed by atoms with Crippen molar-refractivity contribution < 1.29 is 9.53 Å². The van der Waals surface area contributed by atoms with Crippen LogP contribution in [0, 0.1) is 11.3 Å². The molecule has 0 aliphatic rings. The first-order valence-electron chi connectivity index (χ1n) is 7.31. The fourth-order valence-electron chi connectivity index (χ4n) is 2.01. The van der Waals surface area contributed by atoms with Gasteiger partial charge in [0.05, 0.1) is 0 Å². The van der Waals surface area contributed by atoms with E-state index in [1.807, 2.05) is 54.6 Å². The van der Waals surface area contributed by atoms with Gasteiger partial charge in [-0.2, -0.15) is 5.26 Å². The molecule has 0 fully saturated rings. The number of rotatable bonds is 5. The van der Waals surface area contributed by atoms with Gasteiger partial charge in [0.25, 0.3) is 5.91 Å². The summed E-state index contributed by atoms with van der Waals surface area (Å²) in [5.74, 6) is 0.292. The standard InChI is InChI=1S/C19H17BrN2O2/c1-22(2)19(23)16(12-21)11-15-5-3-4-6-18(15)24-13-14-7-9-17(20)10-8-14/h3-11H,13H2,1-2H3/b16-11-. The number of carbonyl (C=O) groups excluding carboxylic acids is 1. The van der Waals surface area contributed by atoms with Crippen LogP contribution in [0.2, 0.25) is 0 Å². The van der Waals surface area contributed by atoms with Gasteiger partial charge in [-0.25, -0.2) is 0 Å². The van der Waals surface area contributed by atoms with Gasteiger partial charge in [0.2, 0.25) is 0 Å². The van der Waals surface area contributed by atoms with Crippen molar-refractivity contribution in [1.29, 1.82) is 5.26 Å². The number of likely N-dealkylation sites (N-methyl/N-ethyl adjacent to an activating group) is 1. The first-order valence-corrected chi connectivity index (χ1v) is 8.10. The number of amides is 1. The van der Waals surface area contributed by atoms with Crippen molar-refractivity contribution in [3.05, 3.63) is 69.7 Å². The largest absolute Gasteiger partial charge is 0.488 e.